The lowest BCUT2D eigenvalue weighted by Crippen LogP contribution is -2.53. The number of hydrogen-bond acceptors (Lipinski definition) is 9. The maximum Gasteiger partial charge on any atom is 0.417 e. The first kappa shape index (κ1) is 40.9. The van der Waals surface area contributed by atoms with Gasteiger partial charge in [-0.25, -0.2) is 4.98 Å². The van der Waals surface area contributed by atoms with Crippen molar-refractivity contribution in [2.75, 3.05) is 25.6 Å². The number of aromatic nitrogens is 1. The molecular formula is C45H40Cl2F3N5O6. The van der Waals surface area contributed by atoms with Crippen LogP contribution in [0.2, 0.25) is 10.0 Å². The van der Waals surface area contributed by atoms with Crippen LogP contribution in [0.1, 0.15) is 53.9 Å². The summed E-state index contributed by atoms with van der Waals surface area (Å²) in [7, 11) is 1.39. The van der Waals surface area contributed by atoms with Crippen molar-refractivity contribution in [2.45, 2.75) is 55.8 Å². The van der Waals surface area contributed by atoms with E-state index in [0.717, 1.165) is 11.6 Å². The SMILES string of the molecule is COc1ccc([C@H]2C3=CC[C@@H]4C(=O)N(C5CCN(Cc6ccccc6)CC5)C(=O)[C@@H]4[C@@H]3C[C@H]3C(=O)N(Nc4ncc(C(F)(F)F)cc4Cl)C(=O)[C@@]23c2ccc(Cl)cc2)cc1O. The Hall–Kier alpha value is -5.44. The lowest BCUT2D eigenvalue weighted by molar-refractivity contribution is -0.144. The monoisotopic (exact) mass is 873 g/mol. The number of piperidine rings is 1. The van der Waals surface area contributed by atoms with Gasteiger partial charge < -0.3 is 9.84 Å². The average molecular weight is 875 g/mol. The van der Waals surface area contributed by atoms with Gasteiger partial charge >= 0.3 is 6.18 Å². The fourth-order valence-electron chi connectivity index (χ4n) is 10.6. The normalized spacial score (nSPS) is 26.9. The van der Waals surface area contributed by atoms with Gasteiger partial charge in [-0.2, -0.15) is 18.2 Å². The number of phenols is 1. The van der Waals surface area contributed by atoms with Gasteiger partial charge in [0, 0.05) is 42.8 Å². The number of methoxy groups -OCH3 is 1. The number of nitrogens with one attached hydrogen (secondary N) is 1. The summed E-state index contributed by atoms with van der Waals surface area (Å²) in [5.41, 5.74) is 2.43. The molecule has 0 unspecified atom stereocenters. The van der Waals surface area contributed by atoms with E-state index in [1.165, 1.54) is 23.6 Å². The van der Waals surface area contributed by atoms with Gasteiger partial charge in [0.1, 0.15) is 0 Å². The van der Waals surface area contributed by atoms with Gasteiger partial charge in [-0.05, 0) is 78.6 Å². The number of carbonyl (C=O) groups excluding carboxylic acids is 4. The number of allylic oxidation sites excluding steroid dienone is 2. The summed E-state index contributed by atoms with van der Waals surface area (Å²) in [6.07, 6.45) is -0.892. The molecule has 6 atom stereocenters. The molecule has 3 saturated heterocycles. The van der Waals surface area contributed by atoms with Crippen LogP contribution in [-0.4, -0.2) is 74.8 Å². The second-order valence-electron chi connectivity index (χ2n) is 16.4. The van der Waals surface area contributed by atoms with Crippen LogP contribution < -0.4 is 10.2 Å². The highest BCUT2D eigenvalue weighted by Gasteiger charge is 2.70. The van der Waals surface area contributed by atoms with E-state index in [2.05, 4.69) is 27.4 Å². The minimum Gasteiger partial charge on any atom is -0.504 e. The van der Waals surface area contributed by atoms with Gasteiger partial charge in [0.15, 0.2) is 17.3 Å². The number of alkyl halides is 3. The van der Waals surface area contributed by atoms with E-state index in [1.807, 2.05) is 24.3 Å². The topological polar surface area (TPSA) is 132 Å². The molecule has 1 saturated carbocycles. The fourth-order valence-corrected chi connectivity index (χ4v) is 10.9. The van der Waals surface area contributed by atoms with Crippen molar-refractivity contribution in [2.24, 2.45) is 23.7 Å². The molecule has 0 spiro atoms. The van der Waals surface area contributed by atoms with Crippen LogP contribution in [0.5, 0.6) is 11.5 Å². The Morgan fingerprint density at radius 3 is 2.30 bits per heavy atom. The summed E-state index contributed by atoms with van der Waals surface area (Å²) in [5.74, 6) is -6.87. The fraction of sp³-hybridized carbons (Fsp3) is 0.356. The van der Waals surface area contributed by atoms with E-state index in [-0.39, 0.29) is 48.0 Å². The number of likely N-dealkylation sites (tertiary alicyclic amines) is 2. The Morgan fingerprint density at radius 1 is 0.918 bits per heavy atom. The molecular weight excluding hydrogens is 834 g/mol. The summed E-state index contributed by atoms with van der Waals surface area (Å²) in [6.45, 7) is 2.16. The van der Waals surface area contributed by atoms with Crippen LogP contribution in [0, 0.1) is 23.7 Å². The predicted octanol–water partition coefficient (Wildman–Crippen LogP) is 7.77. The van der Waals surface area contributed by atoms with Gasteiger partial charge in [-0.3, -0.25) is 34.4 Å². The molecule has 1 aromatic heterocycles. The van der Waals surface area contributed by atoms with E-state index >= 15 is 4.79 Å². The highest BCUT2D eigenvalue weighted by molar-refractivity contribution is 6.33. The first-order valence-corrected chi connectivity index (χ1v) is 20.8. The number of amides is 4. The zero-order valence-electron chi connectivity index (χ0n) is 32.7. The third kappa shape index (κ3) is 6.74. The summed E-state index contributed by atoms with van der Waals surface area (Å²) < 4.78 is 46.0. The Labute approximate surface area is 359 Å². The number of benzene rings is 3. The number of hydrazine groups is 1. The molecule has 2 aliphatic carbocycles. The zero-order valence-corrected chi connectivity index (χ0v) is 34.3. The molecule has 4 fully saturated rings. The van der Waals surface area contributed by atoms with Crippen molar-refractivity contribution in [3.63, 3.8) is 0 Å². The number of ether oxygens (including phenoxy) is 1. The molecule has 16 heteroatoms. The molecule has 11 nitrogen and oxygen atoms in total. The number of fused-ring (bicyclic) bond motifs is 4. The quantitative estimate of drug-likeness (QED) is 0.135. The van der Waals surface area contributed by atoms with Gasteiger partial charge in [0.25, 0.3) is 11.8 Å². The van der Waals surface area contributed by atoms with Gasteiger partial charge in [0.2, 0.25) is 11.8 Å². The highest BCUT2D eigenvalue weighted by Crippen LogP contribution is 2.64. The number of aromatic hydroxyl groups is 1. The molecule has 2 N–H and O–H groups in total. The second kappa shape index (κ2) is 15.5. The summed E-state index contributed by atoms with van der Waals surface area (Å²) in [4.78, 5) is 67.2. The molecule has 0 bridgehead atoms. The van der Waals surface area contributed by atoms with Crippen molar-refractivity contribution in [1.29, 1.82) is 0 Å². The molecule has 5 aliphatic rings. The average Bonchev–Trinajstić information content (AvgIpc) is 3.62. The smallest absolute Gasteiger partial charge is 0.417 e. The number of imide groups is 2. The Kier molecular flexibility index (Phi) is 10.4. The van der Waals surface area contributed by atoms with Crippen LogP contribution in [0.4, 0.5) is 19.0 Å². The van der Waals surface area contributed by atoms with Crippen LogP contribution in [0.3, 0.4) is 0 Å². The first-order valence-electron chi connectivity index (χ1n) is 20.1. The third-order valence-corrected chi connectivity index (χ3v) is 13.8. The number of hydrogen-bond donors (Lipinski definition) is 2. The zero-order chi connectivity index (χ0) is 43.0. The van der Waals surface area contributed by atoms with Crippen molar-refractivity contribution in [3.8, 4) is 11.5 Å². The largest absolute Gasteiger partial charge is 0.504 e. The van der Waals surface area contributed by atoms with Crippen LogP contribution in [0.15, 0.2) is 96.7 Å². The number of rotatable bonds is 8. The first-order chi connectivity index (χ1) is 29.2. The number of pyridine rings is 1. The minimum absolute atomic E-state index is 0.0203. The van der Waals surface area contributed by atoms with Crippen LogP contribution >= 0.6 is 23.2 Å². The maximum atomic E-state index is 15.4. The van der Waals surface area contributed by atoms with Gasteiger partial charge in [0.05, 0.1) is 40.9 Å². The van der Waals surface area contributed by atoms with Crippen molar-refractivity contribution in [1.82, 2.24) is 19.8 Å². The number of halogens is 5. The molecule has 3 aromatic carbocycles. The van der Waals surface area contributed by atoms with Crippen molar-refractivity contribution in [3.05, 3.63) is 129 Å². The van der Waals surface area contributed by atoms with Crippen molar-refractivity contribution >= 4 is 52.6 Å². The Bertz CT molecular complexity index is 2460. The molecule has 4 amide bonds. The molecule has 9 rings (SSSR count). The van der Waals surface area contributed by atoms with E-state index < -0.39 is 63.6 Å². The Balaban J connectivity index is 1.12. The van der Waals surface area contributed by atoms with E-state index in [0.29, 0.717) is 59.9 Å². The molecule has 61 heavy (non-hydrogen) atoms. The van der Waals surface area contributed by atoms with Crippen molar-refractivity contribution < 1.29 is 42.2 Å². The highest BCUT2D eigenvalue weighted by atomic mass is 35.5. The number of nitrogens with zero attached hydrogens (tertiary/aromatic N) is 4. The third-order valence-electron chi connectivity index (χ3n) is 13.3. The van der Waals surface area contributed by atoms with Crippen LogP contribution in [0.25, 0.3) is 0 Å². The standard InChI is InChI=1S/C45H40Cl2F3N5O6/c1-61-36-14-7-25(19-35(36)56)38-30-12-13-31-37(42(59)54(40(31)57)29-15-17-53(18-16-29)23-24-5-3-2-4-6-24)32(30)21-33-41(58)55(43(60)44(33,38)26-8-10-28(46)11-9-26)52-39-34(47)20-27(22-51-39)45(48,49)50/h2-12,14,19-20,22,29,31-33,37-38,56H,13,15-18,21,23H2,1H3,(H,51,52)/t31-,32+,33-,37-,38-,44+/m0/s1. The van der Waals surface area contributed by atoms with Gasteiger partial charge in [-0.1, -0.05) is 83.4 Å². The molecule has 0 radical (unpaired) electrons. The maximum absolute atomic E-state index is 15.4. The molecule has 4 heterocycles. The number of anilines is 1. The van der Waals surface area contributed by atoms with E-state index in [4.69, 9.17) is 27.9 Å². The molecule has 4 aromatic rings. The minimum atomic E-state index is -4.75. The summed E-state index contributed by atoms with van der Waals surface area (Å²) in [6, 6.07) is 21.6. The lowest BCUT2D eigenvalue weighted by Gasteiger charge is -2.50. The predicted molar refractivity (Wildman–Crippen MR) is 218 cm³/mol. The summed E-state index contributed by atoms with van der Waals surface area (Å²) in [5, 5.41) is 11.8. The van der Waals surface area contributed by atoms with Crippen LogP contribution in [-0.2, 0) is 37.3 Å². The Morgan fingerprint density at radius 2 is 1.64 bits per heavy atom. The molecule has 3 aliphatic heterocycles. The van der Waals surface area contributed by atoms with Gasteiger partial charge in [-0.15, -0.1) is 0 Å². The molecule has 316 valence electrons. The number of phenolic OH excluding ortho intramolecular Hbond substituents is 1. The van der Waals surface area contributed by atoms with E-state index in [9.17, 15) is 32.7 Å². The number of carbonyl (C=O) groups is 4. The summed E-state index contributed by atoms with van der Waals surface area (Å²) >= 11 is 12.7. The lowest BCUT2D eigenvalue weighted by atomic mass is 9.49. The second-order valence-corrected chi connectivity index (χ2v) is 17.2. The van der Waals surface area contributed by atoms with E-state index in [1.54, 1.807) is 36.4 Å².